The molecule has 3 nitrogen and oxygen atoms in total. The molecule has 0 aliphatic heterocycles. The first-order valence-corrected chi connectivity index (χ1v) is 12.4. The molecule has 1 saturated carbocycles. The van der Waals surface area contributed by atoms with E-state index in [0.717, 1.165) is 24.3 Å². The van der Waals surface area contributed by atoms with Gasteiger partial charge in [-0.3, -0.25) is 0 Å². The average molecular weight is 432 g/mol. The minimum atomic E-state index is -0.411. The Balaban J connectivity index is 1.60. The number of carbonyl (C=O) groups is 1. The first kappa shape index (κ1) is 24.1. The summed E-state index contributed by atoms with van der Waals surface area (Å²) < 4.78 is 5.58. The standard InChI is InChI=1S/C29H37NO2/c1-4-6-7-22-8-11-24(12-9-22)25-13-15-26(16-14-25)29(31)32-28-17-10-23(18-21(3)5-2)19-27(28)20-30/h10,13-17,19,21-22,24H,4-9,11-12,18H2,1-3H3. The zero-order valence-corrected chi connectivity index (χ0v) is 19.9. The molecule has 1 fully saturated rings. The number of hydrogen-bond donors (Lipinski definition) is 0. The fraction of sp³-hybridized carbons (Fsp3) is 0.517. The average Bonchev–Trinajstić information content (AvgIpc) is 2.84. The minimum Gasteiger partial charge on any atom is -0.422 e. The van der Waals surface area contributed by atoms with Crippen LogP contribution in [-0.4, -0.2) is 5.97 Å². The van der Waals surface area contributed by atoms with Crippen LogP contribution in [0.1, 0.15) is 105 Å². The van der Waals surface area contributed by atoms with E-state index in [1.807, 2.05) is 24.3 Å². The number of benzene rings is 2. The van der Waals surface area contributed by atoms with Crippen molar-refractivity contribution in [3.8, 4) is 11.8 Å². The summed E-state index contributed by atoms with van der Waals surface area (Å²) in [5.74, 6) is 1.97. The Hall–Kier alpha value is -2.60. The summed E-state index contributed by atoms with van der Waals surface area (Å²) in [6, 6.07) is 15.6. The van der Waals surface area contributed by atoms with Crippen molar-refractivity contribution in [1.29, 1.82) is 5.26 Å². The molecule has 1 unspecified atom stereocenters. The molecule has 0 heterocycles. The number of nitriles is 1. The van der Waals surface area contributed by atoms with Crippen LogP contribution in [0.25, 0.3) is 0 Å². The minimum absolute atomic E-state index is 0.333. The zero-order valence-electron chi connectivity index (χ0n) is 19.9. The summed E-state index contributed by atoms with van der Waals surface area (Å²) in [7, 11) is 0. The summed E-state index contributed by atoms with van der Waals surface area (Å²) >= 11 is 0. The fourth-order valence-electron chi connectivity index (χ4n) is 4.75. The van der Waals surface area contributed by atoms with Gasteiger partial charge in [0, 0.05) is 0 Å². The van der Waals surface area contributed by atoms with Crippen molar-refractivity contribution in [2.24, 2.45) is 11.8 Å². The van der Waals surface area contributed by atoms with Crippen LogP contribution >= 0.6 is 0 Å². The lowest BCUT2D eigenvalue weighted by Crippen LogP contribution is -2.14. The van der Waals surface area contributed by atoms with Gasteiger partial charge in [-0.25, -0.2) is 4.79 Å². The summed E-state index contributed by atoms with van der Waals surface area (Å²) in [5, 5.41) is 9.52. The van der Waals surface area contributed by atoms with Crippen molar-refractivity contribution in [1.82, 2.24) is 0 Å². The van der Waals surface area contributed by atoms with Gasteiger partial charge in [0.2, 0.25) is 0 Å². The Morgan fingerprint density at radius 2 is 1.81 bits per heavy atom. The van der Waals surface area contributed by atoms with Crippen LogP contribution in [0, 0.1) is 23.2 Å². The molecule has 3 rings (SSSR count). The topological polar surface area (TPSA) is 50.1 Å². The number of ether oxygens (including phenoxy) is 1. The van der Waals surface area contributed by atoms with Crippen LogP contribution in [0.15, 0.2) is 42.5 Å². The Morgan fingerprint density at radius 3 is 2.44 bits per heavy atom. The van der Waals surface area contributed by atoms with E-state index in [4.69, 9.17) is 4.74 Å². The summed E-state index contributed by atoms with van der Waals surface area (Å²) in [5.41, 5.74) is 3.36. The van der Waals surface area contributed by atoms with E-state index in [-0.39, 0.29) is 0 Å². The van der Waals surface area contributed by atoms with Crippen molar-refractivity contribution in [3.05, 3.63) is 64.7 Å². The van der Waals surface area contributed by atoms with Crippen molar-refractivity contribution in [2.75, 3.05) is 0 Å². The van der Waals surface area contributed by atoms with E-state index < -0.39 is 5.97 Å². The van der Waals surface area contributed by atoms with Crippen molar-refractivity contribution >= 4 is 5.97 Å². The second-order valence-electron chi connectivity index (χ2n) is 9.53. The predicted octanol–water partition coefficient (Wildman–Crippen LogP) is 7.83. The smallest absolute Gasteiger partial charge is 0.343 e. The molecule has 0 spiro atoms. The van der Waals surface area contributed by atoms with Gasteiger partial charge in [0.15, 0.2) is 0 Å². The van der Waals surface area contributed by atoms with Crippen LogP contribution in [0.4, 0.5) is 0 Å². The molecule has 1 aliphatic carbocycles. The molecular formula is C29H37NO2. The van der Waals surface area contributed by atoms with Gasteiger partial charge < -0.3 is 4.74 Å². The molecule has 0 radical (unpaired) electrons. The van der Waals surface area contributed by atoms with E-state index in [9.17, 15) is 10.1 Å². The van der Waals surface area contributed by atoms with Crippen molar-refractivity contribution < 1.29 is 9.53 Å². The number of unbranched alkanes of at least 4 members (excludes halogenated alkanes) is 1. The maximum atomic E-state index is 12.7. The molecule has 1 atom stereocenters. The number of carbonyl (C=O) groups excluding carboxylic acids is 1. The lowest BCUT2D eigenvalue weighted by molar-refractivity contribution is 0.0734. The summed E-state index contributed by atoms with van der Waals surface area (Å²) in [6.45, 7) is 6.63. The normalized spacial score (nSPS) is 19.2. The third-order valence-corrected chi connectivity index (χ3v) is 7.08. The fourth-order valence-corrected chi connectivity index (χ4v) is 4.75. The SMILES string of the molecule is CCCCC1CCC(c2ccc(C(=O)Oc3ccc(CC(C)CC)cc3C#N)cc2)CC1. The van der Waals surface area contributed by atoms with E-state index in [0.29, 0.717) is 28.7 Å². The Morgan fingerprint density at radius 1 is 1.09 bits per heavy atom. The molecular weight excluding hydrogens is 394 g/mol. The molecule has 170 valence electrons. The molecule has 0 saturated heterocycles. The molecule has 1 aliphatic rings. The van der Waals surface area contributed by atoms with Gasteiger partial charge >= 0.3 is 5.97 Å². The predicted molar refractivity (Wildman–Crippen MR) is 130 cm³/mol. The van der Waals surface area contributed by atoms with Gasteiger partial charge in [0.25, 0.3) is 0 Å². The second kappa shape index (κ2) is 11.9. The third kappa shape index (κ3) is 6.45. The maximum absolute atomic E-state index is 12.7. The highest BCUT2D eigenvalue weighted by Gasteiger charge is 2.22. The first-order valence-electron chi connectivity index (χ1n) is 12.4. The molecule has 0 amide bonds. The van der Waals surface area contributed by atoms with E-state index in [1.54, 1.807) is 6.07 Å². The molecule has 2 aromatic rings. The monoisotopic (exact) mass is 431 g/mol. The first-order chi connectivity index (χ1) is 15.5. The van der Waals surface area contributed by atoms with Gasteiger partial charge in [0.05, 0.1) is 11.1 Å². The highest BCUT2D eigenvalue weighted by Crippen LogP contribution is 2.37. The van der Waals surface area contributed by atoms with Crippen molar-refractivity contribution in [2.45, 2.75) is 84.5 Å². The molecule has 0 N–H and O–H groups in total. The summed E-state index contributed by atoms with van der Waals surface area (Å²) in [6.07, 6.45) is 11.1. The van der Waals surface area contributed by atoms with Crippen LogP contribution in [0.3, 0.4) is 0 Å². The van der Waals surface area contributed by atoms with E-state index in [1.165, 1.54) is 50.5 Å². The summed E-state index contributed by atoms with van der Waals surface area (Å²) in [4.78, 5) is 12.7. The molecule has 32 heavy (non-hydrogen) atoms. The molecule has 2 aromatic carbocycles. The van der Waals surface area contributed by atoms with Gasteiger partial charge in [-0.05, 0) is 85.3 Å². The molecule has 0 bridgehead atoms. The Labute approximate surface area is 193 Å². The van der Waals surface area contributed by atoms with Crippen LogP contribution in [0.5, 0.6) is 5.75 Å². The number of rotatable bonds is 9. The number of hydrogen-bond acceptors (Lipinski definition) is 3. The third-order valence-electron chi connectivity index (χ3n) is 7.08. The largest absolute Gasteiger partial charge is 0.422 e. The van der Waals surface area contributed by atoms with Crippen LogP contribution < -0.4 is 4.74 Å². The van der Waals surface area contributed by atoms with Crippen molar-refractivity contribution in [3.63, 3.8) is 0 Å². The maximum Gasteiger partial charge on any atom is 0.343 e. The highest BCUT2D eigenvalue weighted by atomic mass is 16.5. The Bertz CT molecular complexity index is 917. The Kier molecular flexibility index (Phi) is 8.91. The zero-order chi connectivity index (χ0) is 22.9. The van der Waals surface area contributed by atoms with Gasteiger partial charge in [-0.1, -0.05) is 64.7 Å². The lowest BCUT2D eigenvalue weighted by Gasteiger charge is -2.28. The second-order valence-corrected chi connectivity index (χ2v) is 9.53. The quantitative estimate of drug-likeness (QED) is 0.300. The van der Waals surface area contributed by atoms with E-state index >= 15 is 0 Å². The van der Waals surface area contributed by atoms with Crippen LogP contribution in [-0.2, 0) is 6.42 Å². The lowest BCUT2D eigenvalue weighted by atomic mass is 9.77. The number of nitrogens with zero attached hydrogens (tertiary/aromatic N) is 1. The van der Waals surface area contributed by atoms with Crippen LogP contribution in [0.2, 0.25) is 0 Å². The van der Waals surface area contributed by atoms with Gasteiger partial charge in [-0.2, -0.15) is 5.26 Å². The highest BCUT2D eigenvalue weighted by molar-refractivity contribution is 5.91. The molecule has 0 aromatic heterocycles. The number of esters is 1. The van der Waals surface area contributed by atoms with Gasteiger partial charge in [-0.15, -0.1) is 0 Å². The van der Waals surface area contributed by atoms with E-state index in [2.05, 4.69) is 39.0 Å². The molecule has 3 heteroatoms. The van der Waals surface area contributed by atoms with Gasteiger partial charge in [0.1, 0.15) is 11.8 Å².